The maximum Gasteiger partial charge on any atom is 0.338 e. The summed E-state index contributed by atoms with van der Waals surface area (Å²) in [6.07, 6.45) is 6.11. The number of carbonyl (C=O) groups is 1. The second-order valence-corrected chi connectivity index (χ2v) is 5.64. The average molecular weight is 344 g/mol. The second kappa shape index (κ2) is 7.78. The predicted octanol–water partition coefficient (Wildman–Crippen LogP) is 2.02. The van der Waals surface area contributed by atoms with Crippen LogP contribution in [0.5, 0.6) is 11.6 Å². The summed E-state index contributed by atoms with van der Waals surface area (Å²) >= 11 is 0. The molecule has 8 heteroatoms. The van der Waals surface area contributed by atoms with E-state index in [2.05, 4.69) is 15.0 Å². The molecule has 8 nitrogen and oxygen atoms in total. The summed E-state index contributed by atoms with van der Waals surface area (Å²) in [5.41, 5.74) is 0.0743. The summed E-state index contributed by atoms with van der Waals surface area (Å²) in [5.74, 6) is 0.587. The third-order valence-corrected chi connectivity index (χ3v) is 3.86. The number of rotatable bonds is 6. The van der Waals surface area contributed by atoms with Gasteiger partial charge in [-0.25, -0.2) is 19.7 Å². The number of pyridine rings is 1. The molecule has 1 saturated heterocycles. The van der Waals surface area contributed by atoms with E-state index in [9.17, 15) is 4.79 Å². The smallest absolute Gasteiger partial charge is 0.338 e. The summed E-state index contributed by atoms with van der Waals surface area (Å²) in [6, 6.07) is 3.65. The molecule has 0 spiro atoms. The molecular formula is C17H20N4O4. The fourth-order valence-electron chi connectivity index (χ4n) is 2.70. The Kier molecular flexibility index (Phi) is 5.27. The van der Waals surface area contributed by atoms with Crippen molar-refractivity contribution in [2.75, 3.05) is 24.6 Å². The van der Waals surface area contributed by atoms with Gasteiger partial charge in [-0.1, -0.05) is 0 Å². The van der Waals surface area contributed by atoms with Crippen LogP contribution in [0.25, 0.3) is 0 Å². The molecule has 0 saturated carbocycles. The van der Waals surface area contributed by atoms with Gasteiger partial charge in [0.2, 0.25) is 5.95 Å². The number of aromatic carboxylic acids is 1. The molecule has 0 aliphatic carbocycles. The number of carboxylic acid groups (broad SMARTS) is 1. The van der Waals surface area contributed by atoms with Gasteiger partial charge in [-0.15, -0.1) is 0 Å². The molecule has 0 aromatic carbocycles. The first-order chi connectivity index (χ1) is 12.2. The monoisotopic (exact) mass is 344 g/mol. The van der Waals surface area contributed by atoms with Crippen molar-refractivity contribution in [1.29, 1.82) is 0 Å². The van der Waals surface area contributed by atoms with Crippen molar-refractivity contribution in [2.45, 2.75) is 25.9 Å². The molecule has 1 N–H and O–H groups in total. The Hall–Kier alpha value is -2.90. The van der Waals surface area contributed by atoms with Gasteiger partial charge < -0.3 is 19.5 Å². The molecule has 132 valence electrons. The quantitative estimate of drug-likeness (QED) is 0.850. The van der Waals surface area contributed by atoms with Gasteiger partial charge in [-0.3, -0.25) is 0 Å². The van der Waals surface area contributed by atoms with Gasteiger partial charge in [0.15, 0.2) is 5.75 Å². The average Bonchev–Trinajstić information content (AvgIpc) is 2.64. The molecule has 1 fully saturated rings. The highest BCUT2D eigenvalue weighted by atomic mass is 16.5. The Labute approximate surface area is 145 Å². The largest absolute Gasteiger partial charge is 0.483 e. The summed E-state index contributed by atoms with van der Waals surface area (Å²) in [6.45, 7) is 3.84. The van der Waals surface area contributed by atoms with Crippen LogP contribution in [0.2, 0.25) is 0 Å². The molecule has 0 amide bonds. The van der Waals surface area contributed by atoms with Gasteiger partial charge in [-0.05, 0) is 31.9 Å². The fourth-order valence-corrected chi connectivity index (χ4v) is 2.70. The normalized spacial score (nSPS) is 17.2. The van der Waals surface area contributed by atoms with E-state index < -0.39 is 5.97 Å². The Morgan fingerprint density at radius 2 is 2.16 bits per heavy atom. The van der Waals surface area contributed by atoms with E-state index in [4.69, 9.17) is 14.6 Å². The number of hydrogen-bond acceptors (Lipinski definition) is 7. The van der Waals surface area contributed by atoms with Crippen LogP contribution in [0.3, 0.4) is 0 Å². The molecule has 2 aromatic heterocycles. The topological polar surface area (TPSA) is 97.7 Å². The minimum atomic E-state index is -1.04. The van der Waals surface area contributed by atoms with Crippen LogP contribution < -0.4 is 14.4 Å². The van der Waals surface area contributed by atoms with E-state index in [0.29, 0.717) is 30.7 Å². The molecule has 1 aliphatic heterocycles. The number of piperidine rings is 1. The maximum absolute atomic E-state index is 10.9. The third-order valence-electron chi connectivity index (χ3n) is 3.86. The van der Waals surface area contributed by atoms with Crippen molar-refractivity contribution < 1.29 is 19.4 Å². The highest BCUT2D eigenvalue weighted by molar-refractivity contribution is 5.86. The van der Waals surface area contributed by atoms with E-state index in [0.717, 1.165) is 19.4 Å². The number of ether oxygens (including phenoxy) is 2. The minimum absolute atomic E-state index is 0.0418. The van der Waals surface area contributed by atoms with Crippen molar-refractivity contribution >= 4 is 11.9 Å². The molecule has 2 aromatic rings. The van der Waals surface area contributed by atoms with E-state index in [1.54, 1.807) is 6.20 Å². The summed E-state index contributed by atoms with van der Waals surface area (Å²) < 4.78 is 11.6. The number of nitrogens with zero attached hydrogens (tertiary/aromatic N) is 4. The SMILES string of the molecule is CCOc1ncccc1OC1CCCN(c2ncc(C(=O)O)cn2)C1. The lowest BCUT2D eigenvalue weighted by molar-refractivity contribution is 0.0696. The Morgan fingerprint density at radius 3 is 2.88 bits per heavy atom. The molecule has 1 aliphatic rings. The predicted molar refractivity (Wildman–Crippen MR) is 90.3 cm³/mol. The van der Waals surface area contributed by atoms with Gasteiger partial charge in [-0.2, -0.15) is 0 Å². The summed E-state index contributed by atoms with van der Waals surface area (Å²) in [4.78, 5) is 25.4. The number of aromatic nitrogens is 3. The summed E-state index contributed by atoms with van der Waals surface area (Å²) in [5, 5.41) is 8.93. The van der Waals surface area contributed by atoms with Crippen LogP contribution in [-0.4, -0.2) is 51.8 Å². The van der Waals surface area contributed by atoms with Crippen molar-refractivity contribution in [3.05, 3.63) is 36.3 Å². The minimum Gasteiger partial charge on any atom is -0.483 e. The first-order valence-electron chi connectivity index (χ1n) is 8.22. The second-order valence-electron chi connectivity index (χ2n) is 5.64. The number of carboxylic acids is 1. The van der Waals surface area contributed by atoms with Crippen LogP contribution in [0.1, 0.15) is 30.1 Å². The summed E-state index contributed by atoms with van der Waals surface area (Å²) in [7, 11) is 0. The molecule has 0 bridgehead atoms. The van der Waals surface area contributed by atoms with Gasteiger partial charge in [0, 0.05) is 25.1 Å². The highest BCUT2D eigenvalue weighted by Gasteiger charge is 2.24. The van der Waals surface area contributed by atoms with E-state index >= 15 is 0 Å². The van der Waals surface area contributed by atoms with Crippen molar-refractivity contribution in [1.82, 2.24) is 15.0 Å². The first kappa shape index (κ1) is 16.9. The van der Waals surface area contributed by atoms with Crippen molar-refractivity contribution in [3.8, 4) is 11.6 Å². The van der Waals surface area contributed by atoms with E-state index in [1.165, 1.54) is 12.4 Å². The Morgan fingerprint density at radius 1 is 1.36 bits per heavy atom. The number of anilines is 1. The maximum atomic E-state index is 10.9. The van der Waals surface area contributed by atoms with Gasteiger partial charge in [0.1, 0.15) is 6.10 Å². The van der Waals surface area contributed by atoms with E-state index in [-0.39, 0.29) is 11.7 Å². The molecule has 1 unspecified atom stereocenters. The first-order valence-corrected chi connectivity index (χ1v) is 8.22. The van der Waals surface area contributed by atoms with Crippen LogP contribution in [-0.2, 0) is 0 Å². The van der Waals surface area contributed by atoms with Gasteiger partial charge in [0.05, 0.1) is 18.7 Å². The molecule has 25 heavy (non-hydrogen) atoms. The molecule has 0 radical (unpaired) electrons. The van der Waals surface area contributed by atoms with Crippen molar-refractivity contribution in [3.63, 3.8) is 0 Å². The standard InChI is InChI=1S/C17H20N4O4/c1-2-24-15-14(6-3-7-18-15)25-13-5-4-8-21(11-13)17-19-9-12(10-20-17)16(22)23/h3,6-7,9-10,13H,2,4-5,8,11H2,1H3,(H,22,23). The molecule has 3 heterocycles. The number of hydrogen-bond donors (Lipinski definition) is 1. The van der Waals surface area contributed by atoms with E-state index in [1.807, 2.05) is 24.0 Å². The molecule has 1 atom stereocenters. The lowest BCUT2D eigenvalue weighted by Crippen LogP contribution is -2.42. The third kappa shape index (κ3) is 4.14. The lowest BCUT2D eigenvalue weighted by atomic mass is 10.1. The Bertz CT molecular complexity index is 723. The Balaban J connectivity index is 1.68. The zero-order chi connectivity index (χ0) is 17.6. The molecule has 3 rings (SSSR count). The zero-order valence-corrected chi connectivity index (χ0v) is 14.0. The highest BCUT2D eigenvalue weighted by Crippen LogP contribution is 2.27. The zero-order valence-electron chi connectivity index (χ0n) is 14.0. The van der Waals surface area contributed by atoms with Crippen LogP contribution >= 0.6 is 0 Å². The molecular weight excluding hydrogens is 324 g/mol. The lowest BCUT2D eigenvalue weighted by Gasteiger charge is -2.33. The fraction of sp³-hybridized carbons (Fsp3) is 0.412. The van der Waals surface area contributed by atoms with Gasteiger partial charge in [0.25, 0.3) is 5.88 Å². The van der Waals surface area contributed by atoms with Crippen LogP contribution in [0.4, 0.5) is 5.95 Å². The van der Waals surface area contributed by atoms with Gasteiger partial charge >= 0.3 is 5.97 Å². The van der Waals surface area contributed by atoms with Crippen LogP contribution in [0, 0.1) is 0 Å². The van der Waals surface area contributed by atoms with Crippen molar-refractivity contribution in [2.24, 2.45) is 0 Å². The van der Waals surface area contributed by atoms with Crippen LogP contribution in [0.15, 0.2) is 30.7 Å².